The molecule has 1 aromatic rings. The zero-order chi connectivity index (χ0) is 10.9. The van der Waals surface area contributed by atoms with Crippen molar-refractivity contribution in [2.75, 3.05) is 10.5 Å². The van der Waals surface area contributed by atoms with Gasteiger partial charge in [0.05, 0.1) is 15.7 Å². The number of nitrogens with zero attached hydrogens (tertiary/aromatic N) is 1. The summed E-state index contributed by atoms with van der Waals surface area (Å²) in [5.74, 6) is 0.565. The fourth-order valence-electron chi connectivity index (χ4n) is 1.45. The van der Waals surface area contributed by atoms with Crippen LogP contribution in [-0.4, -0.2) is 19.2 Å². The number of aromatic nitrogens is 1. The summed E-state index contributed by atoms with van der Waals surface area (Å²) in [5.41, 5.74) is 0. The molecule has 1 aliphatic rings. The Hall–Kier alpha value is -0.140. The van der Waals surface area contributed by atoms with Gasteiger partial charge >= 0.3 is 0 Å². The topological polar surface area (TPSA) is 59.1 Å². The van der Waals surface area contributed by atoms with Crippen LogP contribution in [0.15, 0.2) is 9.98 Å². The summed E-state index contributed by atoms with van der Waals surface area (Å²) < 4.78 is 26.6. The average molecular weight is 311 g/mol. The fourth-order valence-corrected chi connectivity index (χ4v) is 4.31. The molecule has 1 aliphatic carbocycles. The minimum Gasteiger partial charge on any atom is -0.259 e. The summed E-state index contributed by atoms with van der Waals surface area (Å²) in [6.07, 6.45) is 4.81. The minimum absolute atomic E-state index is 0.226. The molecule has 0 radical (unpaired) electrons. The lowest BCUT2D eigenvalue weighted by Gasteiger charge is -2.24. The standard InChI is InChI=1S/C8H11BrN2O2S2/c9-7-4-10-8(14-7)11-15(12,13)5-6-2-1-3-6/h4,6H,1-3,5H2,(H,10,11). The molecule has 0 spiro atoms. The van der Waals surface area contributed by atoms with Crippen molar-refractivity contribution in [1.82, 2.24) is 4.98 Å². The Bertz CT molecular complexity index is 439. The van der Waals surface area contributed by atoms with Crippen LogP contribution in [0.4, 0.5) is 5.13 Å². The molecular formula is C8H11BrN2O2S2. The molecule has 0 aromatic carbocycles. The van der Waals surface area contributed by atoms with Crippen LogP contribution in [-0.2, 0) is 10.0 Å². The molecule has 7 heteroatoms. The molecule has 0 atom stereocenters. The molecule has 1 N–H and O–H groups in total. The normalized spacial score (nSPS) is 17.4. The first-order chi connectivity index (χ1) is 7.05. The zero-order valence-corrected chi connectivity index (χ0v) is 11.2. The molecule has 1 fully saturated rings. The molecule has 1 saturated carbocycles. The maximum atomic E-state index is 11.7. The SMILES string of the molecule is O=S(=O)(CC1CCC1)Nc1ncc(Br)s1. The molecule has 1 heterocycles. The first-order valence-electron chi connectivity index (χ1n) is 4.67. The van der Waals surface area contributed by atoms with Crippen LogP contribution in [0.5, 0.6) is 0 Å². The van der Waals surface area contributed by atoms with Gasteiger partial charge in [0.1, 0.15) is 0 Å². The summed E-state index contributed by atoms with van der Waals surface area (Å²) >= 11 is 4.52. The van der Waals surface area contributed by atoms with Crippen LogP contribution in [0.2, 0.25) is 0 Å². The van der Waals surface area contributed by atoms with Gasteiger partial charge in [-0.1, -0.05) is 17.8 Å². The predicted molar refractivity (Wildman–Crippen MR) is 64.6 cm³/mol. The van der Waals surface area contributed by atoms with Crippen molar-refractivity contribution in [2.45, 2.75) is 19.3 Å². The second-order valence-corrected chi connectivity index (χ2v) is 7.83. The Morgan fingerprint density at radius 1 is 1.60 bits per heavy atom. The average Bonchev–Trinajstić information content (AvgIpc) is 2.43. The number of rotatable bonds is 4. The van der Waals surface area contributed by atoms with Crippen molar-refractivity contribution in [3.63, 3.8) is 0 Å². The van der Waals surface area contributed by atoms with Gasteiger partial charge in [-0.2, -0.15) is 0 Å². The summed E-state index contributed by atoms with van der Waals surface area (Å²) in [7, 11) is -3.20. The van der Waals surface area contributed by atoms with Crippen molar-refractivity contribution in [3.05, 3.63) is 9.98 Å². The lowest BCUT2D eigenvalue weighted by Crippen LogP contribution is -2.26. The second kappa shape index (κ2) is 4.39. The number of halogens is 1. The smallest absolute Gasteiger partial charge is 0.234 e. The van der Waals surface area contributed by atoms with Gasteiger partial charge in [-0.3, -0.25) is 4.72 Å². The van der Waals surface area contributed by atoms with Gasteiger partial charge in [0.25, 0.3) is 0 Å². The Morgan fingerprint density at radius 2 is 2.33 bits per heavy atom. The van der Waals surface area contributed by atoms with E-state index in [-0.39, 0.29) is 5.75 Å². The Morgan fingerprint density at radius 3 is 2.80 bits per heavy atom. The lowest BCUT2D eigenvalue weighted by atomic mass is 9.87. The Labute approximate surface area is 101 Å². The van der Waals surface area contributed by atoms with Gasteiger partial charge in [0.15, 0.2) is 5.13 Å². The minimum atomic E-state index is -3.20. The highest BCUT2D eigenvalue weighted by Crippen LogP contribution is 2.29. The summed E-state index contributed by atoms with van der Waals surface area (Å²) in [5, 5.41) is 0.432. The van der Waals surface area contributed by atoms with Crippen LogP contribution in [0.25, 0.3) is 0 Å². The van der Waals surface area contributed by atoms with Crippen LogP contribution in [0.1, 0.15) is 19.3 Å². The van der Waals surface area contributed by atoms with Crippen LogP contribution in [0.3, 0.4) is 0 Å². The largest absolute Gasteiger partial charge is 0.259 e. The van der Waals surface area contributed by atoms with E-state index in [0.717, 1.165) is 23.0 Å². The van der Waals surface area contributed by atoms with Crippen LogP contribution in [0, 0.1) is 5.92 Å². The molecule has 0 saturated heterocycles. The monoisotopic (exact) mass is 310 g/mol. The highest BCUT2D eigenvalue weighted by Gasteiger charge is 2.24. The predicted octanol–water partition coefficient (Wildman–Crippen LogP) is 2.45. The van der Waals surface area contributed by atoms with Crippen molar-refractivity contribution >= 4 is 42.4 Å². The number of sulfonamides is 1. The van der Waals surface area contributed by atoms with Crippen LogP contribution >= 0.6 is 27.3 Å². The maximum Gasteiger partial charge on any atom is 0.234 e. The van der Waals surface area contributed by atoms with Crippen molar-refractivity contribution in [3.8, 4) is 0 Å². The van der Waals surface area contributed by atoms with Gasteiger partial charge < -0.3 is 0 Å². The number of nitrogens with one attached hydrogen (secondary N) is 1. The summed E-state index contributed by atoms with van der Waals surface area (Å²) in [6, 6.07) is 0. The first-order valence-corrected chi connectivity index (χ1v) is 7.93. The number of anilines is 1. The van der Waals surface area contributed by atoms with E-state index in [9.17, 15) is 8.42 Å². The van der Waals surface area contributed by atoms with Gasteiger partial charge in [0.2, 0.25) is 10.0 Å². The molecule has 0 unspecified atom stereocenters. The third kappa shape index (κ3) is 3.15. The second-order valence-electron chi connectivity index (χ2n) is 3.65. The number of thiazole rings is 1. The van der Waals surface area contributed by atoms with E-state index < -0.39 is 10.0 Å². The van der Waals surface area contributed by atoms with Gasteiger partial charge in [-0.25, -0.2) is 13.4 Å². The molecule has 0 amide bonds. The van der Waals surface area contributed by atoms with Crippen molar-refractivity contribution in [2.24, 2.45) is 5.92 Å². The van der Waals surface area contributed by atoms with Crippen molar-refractivity contribution < 1.29 is 8.42 Å². The summed E-state index contributed by atoms with van der Waals surface area (Å²) in [4.78, 5) is 3.93. The lowest BCUT2D eigenvalue weighted by molar-refractivity contribution is 0.347. The van der Waals surface area contributed by atoms with E-state index in [1.807, 2.05) is 0 Å². The third-order valence-electron chi connectivity index (χ3n) is 2.40. The van der Waals surface area contributed by atoms with Gasteiger partial charge in [0, 0.05) is 0 Å². The Kier molecular flexibility index (Phi) is 3.32. The fraction of sp³-hybridized carbons (Fsp3) is 0.625. The number of hydrogen-bond donors (Lipinski definition) is 1. The van der Waals surface area contributed by atoms with Crippen molar-refractivity contribution in [1.29, 1.82) is 0 Å². The van der Waals surface area contributed by atoms with E-state index in [1.54, 1.807) is 6.20 Å². The first kappa shape index (κ1) is 11.3. The summed E-state index contributed by atoms with van der Waals surface area (Å²) in [6.45, 7) is 0. The van der Waals surface area contributed by atoms with E-state index in [0.29, 0.717) is 11.0 Å². The highest BCUT2D eigenvalue weighted by molar-refractivity contribution is 9.11. The quantitative estimate of drug-likeness (QED) is 0.929. The zero-order valence-electron chi connectivity index (χ0n) is 7.94. The van der Waals surface area contributed by atoms with E-state index in [1.165, 1.54) is 11.3 Å². The molecule has 0 aliphatic heterocycles. The van der Waals surface area contributed by atoms with E-state index in [4.69, 9.17) is 0 Å². The third-order valence-corrected chi connectivity index (χ3v) is 5.34. The van der Waals surface area contributed by atoms with Crippen LogP contribution < -0.4 is 4.72 Å². The number of hydrogen-bond acceptors (Lipinski definition) is 4. The molecular weight excluding hydrogens is 300 g/mol. The molecule has 2 rings (SSSR count). The molecule has 84 valence electrons. The van der Waals surface area contributed by atoms with Gasteiger partial charge in [-0.15, -0.1) is 0 Å². The Balaban J connectivity index is 1.97. The maximum absolute atomic E-state index is 11.7. The van der Waals surface area contributed by atoms with Gasteiger partial charge in [-0.05, 0) is 34.7 Å². The highest BCUT2D eigenvalue weighted by atomic mass is 79.9. The molecule has 15 heavy (non-hydrogen) atoms. The van der Waals surface area contributed by atoms with E-state index >= 15 is 0 Å². The molecule has 4 nitrogen and oxygen atoms in total. The van der Waals surface area contributed by atoms with E-state index in [2.05, 4.69) is 25.6 Å². The molecule has 1 aromatic heterocycles. The molecule has 0 bridgehead atoms.